The number of likely N-dealkylation sites (N-methyl/N-ethyl adjacent to an activating group) is 1. The first-order valence-corrected chi connectivity index (χ1v) is 5.43. The lowest BCUT2D eigenvalue weighted by Crippen LogP contribution is -2.43. The second-order valence-corrected chi connectivity index (χ2v) is 3.07. The zero-order valence-corrected chi connectivity index (χ0v) is 9.86. The van der Waals surface area contributed by atoms with Crippen LogP contribution in [0.25, 0.3) is 0 Å². The van der Waals surface area contributed by atoms with E-state index in [4.69, 9.17) is 9.84 Å². The van der Waals surface area contributed by atoms with Crippen LogP contribution in [0.2, 0.25) is 0 Å². The fourth-order valence-corrected chi connectivity index (χ4v) is 1.13. The lowest BCUT2D eigenvalue weighted by molar-refractivity contribution is -0.145. The smallest absolute Gasteiger partial charge is 0.311 e. The molecule has 0 radical (unpaired) electrons. The molecule has 6 heteroatoms. The second-order valence-electron chi connectivity index (χ2n) is 3.07. The molecule has 0 bridgehead atoms. The number of aliphatic hydroxyl groups is 1. The van der Waals surface area contributed by atoms with Gasteiger partial charge < -0.3 is 20.1 Å². The van der Waals surface area contributed by atoms with E-state index in [9.17, 15) is 9.59 Å². The molecule has 0 rings (SSSR count). The van der Waals surface area contributed by atoms with Gasteiger partial charge in [-0.3, -0.25) is 9.59 Å². The van der Waals surface area contributed by atoms with E-state index in [-0.39, 0.29) is 26.4 Å². The summed E-state index contributed by atoms with van der Waals surface area (Å²) in [6, 6.07) is 0. The summed E-state index contributed by atoms with van der Waals surface area (Å²) in [5.41, 5.74) is 0. The first-order valence-electron chi connectivity index (χ1n) is 5.43. The number of carbonyl (C=O) groups excluding carboxylic acids is 2. The van der Waals surface area contributed by atoms with Gasteiger partial charge in [-0.1, -0.05) is 0 Å². The van der Waals surface area contributed by atoms with Crippen LogP contribution in [0.15, 0.2) is 0 Å². The molecular weight excluding hydrogens is 212 g/mol. The Morgan fingerprint density at radius 2 is 1.88 bits per heavy atom. The van der Waals surface area contributed by atoms with Gasteiger partial charge >= 0.3 is 11.8 Å². The molecule has 0 aliphatic heterocycles. The summed E-state index contributed by atoms with van der Waals surface area (Å²) in [5.74, 6) is -1.14. The van der Waals surface area contributed by atoms with Crippen LogP contribution < -0.4 is 5.32 Å². The predicted molar refractivity (Wildman–Crippen MR) is 58.8 cm³/mol. The van der Waals surface area contributed by atoms with Gasteiger partial charge in [0.2, 0.25) is 0 Å². The van der Waals surface area contributed by atoms with Gasteiger partial charge in [-0.05, 0) is 13.8 Å². The molecule has 0 aliphatic carbocycles. The van der Waals surface area contributed by atoms with Gasteiger partial charge in [0.15, 0.2) is 0 Å². The van der Waals surface area contributed by atoms with Crippen molar-refractivity contribution in [2.75, 3.05) is 39.5 Å². The van der Waals surface area contributed by atoms with Crippen molar-refractivity contribution in [1.29, 1.82) is 0 Å². The van der Waals surface area contributed by atoms with Crippen molar-refractivity contribution in [3.63, 3.8) is 0 Å². The largest absolute Gasteiger partial charge is 0.394 e. The lowest BCUT2D eigenvalue weighted by atomic mass is 10.4. The molecule has 16 heavy (non-hydrogen) atoms. The Bertz CT molecular complexity index is 217. The molecule has 0 spiro atoms. The molecule has 0 heterocycles. The normalized spacial score (nSPS) is 9.94. The van der Waals surface area contributed by atoms with Gasteiger partial charge in [0.25, 0.3) is 0 Å². The monoisotopic (exact) mass is 232 g/mol. The number of hydrogen-bond acceptors (Lipinski definition) is 4. The minimum Gasteiger partial charge on any atom is -0.394 e. The highest BCUT2D eigenvalue weighted by atomic mass is 16.5. The molecule has 0 aromatic carbocycles. The number of carbonyl (C=O) groups is 2. The Balaban J connectivity index is 3.75. The van der Waals surface area contributed by atoms with Crippen LogP contribution in [0.5, 0.6) is 0 Å². The van der Waals surface area contributed by atoms with Crippen molar-refractivity contribution >= 4 is 11.8 Å². The molecule has 0 aliphatic rings. The highest BCUT2D eigenvalue weighted by Gasteiger charge is 2.18. The van der Waals surface area contributed by atoms with Crippen LogP contribution >= 0.6 is 0 Å². The summed E-state index contributed by atoms with van der Waals surface area (Å²) in [4.78, 5) is 24.2. The highest BCUT2D eigenvalue weighted by Crippen LogP contribution is 1.88. The van der Waals surface area contributed by atoms with E-state index < -0.39 is 11.8 Å². The Morgan fingerprint density at radius 1 is 1.25 bits per heavy atom. The Labute approximate surface area is 95.6 Å². The molecule has 6 nitrogen and oxygen atoms in total. The lowest BCUT2D eigenvalue weighted by Gasteiger charge is -2.17. The fourth-order valence-electron chi connectivity index (χ4n) is 1.13. The number of ether oxygens (including phenoxy) is 1. The standard InChI is InChI=1S/C10H20N2O4/c1-3-12(4-2)10(15)9(14)11-5-7-16-8-6-13/h13H,3-8H2,1-2H3,(H,11,14). The van der Waals surface area contributed by atoms with E-state index in [2.05, 4.69) is 5.32 Å². The minimum atomic E-state index is -0.615. The zero-order chi connectivity index (χ0) is 12.4. The number of hydrogen-bond donors (Lipinski definition) is 2. The summed E-state index contributed by atoms with van der Waals surface area (Å²) < 4.78 is 4.94. The van der Waals surface area contributed by atoms with Gasteiger partial charge in [0.1, 0.15) is 0 Å². The van der Waals surface area contributed by atoms with E-state index in [1.54, 1.807) is 0 Å². The van der Waals surface area contributed by atoms with E-state index in [0.29, 0.717) is 13.1 Å². The van der Waals surface area contributed by atoms with Gasteiger partial charge in [-0.25, -0.2) is 0 Å². The average Bonchev–Trinajstić information content (AvgIpc) is 2.30. The highest BCUT2D eigenvalue weighted by molar-refractivity contribution is 6.34. The van der Waals surface area contributed by atoms with Crippen LogP contribution in [0.4, 0.5) is 0 Å². The molecule has 0 unspecified atom stereocenters. The number of aliphatic hydroxyl groups excluding tert-OH is 1. The van der Waals surface area contributed by atoms with Crippen LogP contribution in [0, 0.1) is 0 Å². The predicted octanol–water partition coefficient (Wildman–Crippen LogP) is -1.02. The third kappa shape index (κ3) is 5.67. The van der Waals surface area contributed by atoms with Gasteiger partial charge in [0, 0.05) is 19.6 Å². The summed E-state index contributed by atoms with van der Waals surface area (Å²) in [5, 5.41) is 10.9. The van der Waals surface area contributed by atoms with Gasteiger partial charge in [0.05, 0.1) is 19.8 Å². The SMILES string of the molecule is CCN(CC)C(=O)C(=O)NCCOCCO. The molecule has 2 amide bonds. The van der Waals surface area contributed by atoms with Crippen LogP contribution in [0.1, 0.15) is 13.8 Å². The summed E-state index contributed by atoms with van der Waals surface area (Å²) in [6.07, 6.45) is 0. The fraction of sp³-hybridized carbons (Fsp3) is 0.800. The van der Waals surface area contributed by atoms with Crippen molar-refractivity contribution in [1.82, 2.24) is 10.2 Å². The number of amides is 2. The van der Waals surface area contributed by atoms with Crippen molar-refractivity contribution in [2.24, 2.45) is 0 Å². The quantitative estimate of drug-likeness (QED) is 0.435. The van der Waals surface area contributed by atoms with E-state index >= 15 is 0 Å². The summed E-state index contributed by atoms with van der Waals surface area (Å²) >= 11 is 0. The van der Waals surface area contributed by atoms with Crippen LogP contribution in [-0.2, 0) is 14.3 Å². The molecule has 0 atom stereocenters. The maximum atomic E-state index is 11.5. The molecule has 0 aromatic heterocycles. The first kappa shape index (κ1) is 14.9. The first-order chi connectivity index (χ1) is 7.67. The summed E-state index contributed by atoms with van der Waals surface area (Å²) in [7, 11) is 0. The van der Waals surface area contributed by atoms with E-state index in [1.807, 2.05) is 13.8 Å². The van der Waals surface area contributed by atoms with Crippen molar-refractivity contribution in [3.8, 4) is 0 Å². The number of nitrogens with zero attached hydrogens (tertiary/aromatic N) is 1. The van der Waals surface area contributed by atoms with Crippen molar-refractivity contribution < 1.29 is 19.4 Å². The van der Waals surface area contributed by atoms with Crippen LogP contribution in [0.3, 0.4) is 0 Å². The molecule has 0 saturated carbocycles. The maximum absolute atomic E-state index is 11.5. The minimum absolute atomic E-state index is 0.0493. The maximum Gasteiger partial charge on any atom is 0.311 e. The van der Waals surface area contributed by atoms with Crippen LogP contribution in [-0.4, -0.2) is 61.3 Å². The Morgan fingerprint density at radius 3 is 2.38 bits per heavy atom. The van der Waals surface area contributed by atoms with Gasteiger partial charge in [-0.2, -0.15) is 0 Å². The van der Waals surface area contributed by atoms with Gasteiger partial charge in [-0.15, -0.1) is 0 Å². The molecule has 2 N–H and O–H groups in total. The van der Waals surface area contributed by atoms with E-state index in [1.165, 1.54) is 4.90 Å². The molecule has 0 saturated heterocycles. The van der Waals surface area contributed by atoms with Crippen molar-refractivity contribution in [2.45, 2.75) is 13.8 Å². The molecule has 0 aromatic rings. The number of rotatable bonds is 7. The molecule has 94 valence electrons. The third-order valence-electron chi connectivity index (χ3n) is 2.01. The third-order valence-corrected chi connectivity index (χ3v) is 2.01. The zero-order valence-electron chi connectivity index (χ0n) is 9.86. The topological polar surface area (TPSA) is 78.9 Å². The average molecular weight is 232 g/mol. The second kappa shape index (κ2) is 9.11. The van der Waals surface area contributed by atoms with E-state index in [0.717, 1.165) is 0 Å². The molecular formula is C10H20N2O4. The Kier molecular flexibility index (Phi) is 8.46. The van der Waals surface area contributed by atoms with Crippen molar-refractivity contribution in [3.05, 3.63) is 0 Å². The Hall–Kier alpha value is -1.14. The summed E-state index contributed by atoms with van der Waals surface area (Å²) in [6.45, 7) is 5.42. The number of nitrogens with one attached hydrogen (secondary N) is 1. The molecule has 0 fully saturated rings.